The van der Waals surface area contributed by atoms with Gasteiger partial charge in [0.2, 0.25) is 0 Å². The predicted molar refractivity (Wildman–Crippen MR) is 62.3 cm³/mol. The highest BCUT2D eigenvalue weighted by Crippen LogP contribution is 2.29. The second-order valence-electron chi connectivity index (χ2n) is 4.50. The van der Waals surface area contributed by atoms with Gasteiger partial charge < -0.3 is 5.11 Å². The molecule has 2 rings (SSSR count). The highest BCUT2D eigenvalue weighted by Gasteiger charge is 2.31. The van der Waals surface area contributed by atoms with Gasteiger partial charge in [-0.25, -0.2) is 0 Å². The predicted octanol–water partition coefficient (Wildman–Crippen LogP) is 1.82. The van der Waals surface area contributed by atoms with Crippen LogP contribution in [-0.2, 0) is 4.79 Å². The van der Waals surface area contributed by atoms with Crippen LogP contribution in [0.25, 0.3) is 0 Å². The van der Waals surface area contributed by atoms with Crippen molar-refractivity contribution in [1.29, 1.82) is 0 Å². The van der Waals surface area contributed by atoms with E-state index in [0.29, 0.717) is 18.5 Å². The fraction of sp³-hybridized carbons (Fsp3) is 0.909. The van der Waals surface area contributed by atoms with Gasteiger partial charge in [-0.3, -0.25) is 9.69 Å². The molecule has 0 aromatic heterocycles. The molecular formula is C11H19NO2S. The first kappa shape index (κ1) is 11.3. The Labute approximate surface area is 95.2 Å². The summed E-state index contributed by atoms with van der Waals surface area (Å²) < 4.78 is 0. The summed E-state index contributed by atoms with van der Waals surface area (Å²) in [5.74, 6) is 1.81. The number of piperidine rings is 1. The molecule has 0 aromatic rings. The van der Waals surface area contributed by atoms with Gasteiger partial charge >= 0.3 is 5.97 Å². The van der Waals surface area contributed by atoms with E-state index >= 15 is 0 Å². The number of hydrogen-bond acceptors (Lipinski definition) is 3. The van der Waals surface area contributed by atoms with Crippen LogP contribution in [0.5, 0.6) is 0 Å². The Morgan fingerprint density at radius 1 is 1.40 bits per heavy atom. The molecule has 0 aliphatic carbocycles. The van der Waals surface area contributed by atoms with Gasteiger partial charge in [0.05, 0.1) is 6.42 Å². The van der Waals surface area contributed by atoms with Crippen LogP contribution >= 0.6 is 11.8 Å². The second-order valence-corrected chi connectivity index (χ2v) is 5.65. The lowest BCUT2D eigenvalue weighted by Crippen LogP contribution is -2.47. The molecular weight excluding hydrogens is 210 g/mol. The van der Waals surface area contributed by atoms with Crippen LogP contribution in [-0.4, -0.2) is 46.1 Å². The number of rotatable bonds is 3. The minimum atomic E-state index is -0.641. The summed E-state index contributed by atoms with van der Waals surface area (Å²) in [5, 5.41) is 8.89. The summed E-state index contributed by atoms with van der Waals surface area (Å²) in [7, 11) is 0. The molecule has 0 spiro atoms. The van der Waals surface area contributed by atoms with Crippen LogP contribution in [0.3, 0.4) is 0 Å². The Morgan fingerprint density at radius 2 is 2.27 bits per heavy atom. The van der Waals surface area contributed by atoms with Gasteiger partial charge in [-0.2, -0.15) is 11.8 Å². The zero-order chi connectivity index (χ0) is 10.7. The Balaban J connectivity index is 1.95. The van der Waals surface area contributed by atoms with Crippen molar-refractivity contribution < 1.29 is 9.90 Å². The standard InChI is InChI=1S/C11H19NO2S/c13-11(14)7-9-3-1-2-5-12(9)10-4-6-15-8-10/h9-10H,1-8H2,(H,13,14). The number of carbonyl (C=O) groups is 1. The average molecular weight is 229 g/mol. The Bertz CT molecular complexity index is 229. The molecule has 1 N–H and O–H groups in total. The molecule has 0 radical (unpaired) electrons. The molecule has 2 unspecified atom stereocenters. The lowest BCUT2D eigenvalue weighted by Gasteiger charge is -2.39. The van der Waals surface area contributed by atoms with Crippen LogP contribution in [0.15, 0.2) is 0 Å². The van der Waals surface area contributed by atoms with Crippen LogP contribution in [0.4, 0.5) is 0 Å². The van der Waals surface area contributed by atoms with E-state index in [1.54, 1.807) is 0 Å². The summed E-state index contributed by atoms with van der Waals surface area (Å²) in [6.45, 7) is 1.11. The van der Waals surface area contributed by atoms with Gasteiger partial charge in [-0.15, -0.1) is 0 Å². The number of likely N-dealkylation sites (tertiary alicyclic amines) is 1. The van der Waals surface area contributed by atoms with Crippen LogP contribution < -0.4 is 0 Å². The van der Waals surface area contributed by atoms with Gasteiger partial charge in [0, 0.05) is 17.8 Å². The molecule has 2 aliphatic heterocycles. The minimum Gasteiger partial charge on any atom is -0.481 e. The third-order valence-corrected chi connectivity index (χ3v) is 4.60. The van der Waals surface area contributed by atoms with Gasteiger partial charge in [-0.05, 0) is 31.6 Å². The van der Waals surface area contributed by atoms with E-state index in [1.165, 1.54) is 30.8 Å². The van der Waals surface area contributed by atoms with Crippen molar-refractivity contribution in [3.63, 3.8) is 0 Å². The highest BCUT2D eigenvalue weighted by molar-refractivity contribution is 7.99. The van der Waals surface area contributed by atoms with Gasteiger partial charge in [0.15, 0.2) is 0 Å². The number of thioether (sulfide) groups is 1. The molecule has 86 valence electrons. The Morgan fingerprint density at radius 3 is 2.93 bits per heavy atom. The topological polar surface area (TPSA) is 40.5 Å². The van der Waals surface area contributed by atoms with E-state index in [0.717, 1.165) is 13.0 Å². The minimum absolute atomic E-state index is 0.306. The van der Waals surface area contributed by atoms with Crippen LogP contribution in [0.2, 0.25) is 0 Å². The number of hydrogen-bond donors (Lipinski definition) is 1. The normalized spacial score (nSPS) is 33.1. The number of carboxylic acids is 1. The molecule has 2 saturated heterocycles. The molecule has 0 saturated carbocycles. The highest BCUT2D eigenvalue weighted by atomic mass is 32.2. The second kappa shape index (κ2) is 5.21. The van der Waals surface area contributed by atoms with E-state index in [1.807, 2.05) is 11.8 Å². The van der Waals surface area contributed by atoms with E-state index in [4.69, 9.17) is 5.11 Å². The number of aliphatic carboxylic acids is 1. The maximum Gasteiger partial charge on any atom is 0.304 e. The van der Waals surface area contributed by atoms with Crippen molar-refractivity contribution in [2.45, 2.75) is 44.2 Å². The first-order valence-corrected chi connectivity index (χ1v) is 6.98. The maximum absolute atomic E-state index is 10.8. The molecule has 2 fully saturated rings. The molecule has 2 heterocycles. The third-order valence-electron chi connectivity index (χ3n) is 3.46. The van der Waals surface area contributed by atoms with E-state index in [-0.39, 0.29) is 0 Å². The van der Waals surface area contributed by atoms with Crippen LogP contribution in [0, 0.1) is 0 Å². The summed E-state index contributed by atoms with van der Waals surface area (Å²) in [6.07, 6.45) is 5.11. The van der Waals surface area contributed by atoms with E-state index < -0.39 is 5.97 Å². The monoisotopic (exact) mass is 229 g/mol. The van der Waals surface area contributed by atoms with Gasteiger partial charge in [-0.1, -0.05) is 6.42 Å². The molecule has 0 amide bonds. The summed E-state index contributed by atoms with van der Waals surface area (Å²) >= 11 is 2.01. The molecule has 4 heteroatoms. The summed E-state index contributed by atoms with van der Waals surface area (Å²) in [4.78, 5) is 13.3. The fourth-order valence-corrected chi connectivity index (χ4v) is 3.94. The fourth-order valence-electron chi connectivity index (χ4n) is 2.71. The van der Waals surface area contributed by atoms with Crippen LogP contribution in [0.1, 0.15) is 32.1 Å². The molecule has 2 aliphatic rings. The lowest BCUT2D eigenvalue weighted by molar-refractivity contribution is -0.139. The van der Waals surface area contributed by atoms with Crippen molar-refractivity contribution in [2.24, 2.45) is 0 Å². The lowest BCUT2D eigenvalue weighted by atomic mass is 9.97. The molecule has 15 heavy (non-hydrogen) atoms. The maximum atomic E-state index is 10.8. The molecule has 0 aromatic carbocycles. The van der Waals surface area contributed by atoms with Crippen molar-refractivity contribution >= 4 is 17.7 Å². The van der Waals surface area contributed by atoms with E-state index in [9.17, 15) is 4.79 Å². The zero-order valence-electron chi connectivity index (χ0n) is 9.02. The van der Waals surface area contributed by atoms with E-state index in [2.05, 4.69) is 4.90 Å². The number of nitrogens with zero attached hydrogens (tertiary/aromatic N) is 1. The van der Waals surface area contributed by atoms with Crippen molar-refractivity contribution in [1.82, 2.24) is 4.90 Å². The third kappa shape index (κ3) is 2.88. The Kier molecular flexibility index (Phi) is 3.92. The molecule has 3 nitrogen and oxygen atoms in total. The summed E-state index contributed by atoms with van der Waals surface area (Å²) in [6, 6.07) is 0.958. The number of carboxylic acid groups (broad SMARTS) is 1. The zero-order valence-corrected chi connectivity index (χ0v) is 9.84. The summed E-state index contributed by atoms with van der Waals surface area (Å²) in [5.41, 5.74) is 0. The molecule has 2 atom stereocenters. The Hall–Kier alpha value is -0.220. The largest absolute Gasteiger partial charge is 0.481 e. The van der Waals surface area contributed by atoms with Crippen molar-refractivity contribution in [3.05, 3.63) is 0 Å². The molecule has 0 bridgehead atoms. The van der Waals surface area contributed by atoms with Gasteiger partial charge in [0.1, 0.15) is 0 Å². The first-order valence-electron chi connectivity index (χ1n) is 5.82. The average Bonchev–Trinajstić information content (AvgIpc) is 2.70. The SMILES string of the molecule is O=C(O)CC1CCCCN1C1CCSC1. The quantitative estimate of drug-likeness (QED) is 0.801. The van der Waals surface area contributed by atoms with Gasteiger partial charge in [0.25, 0.3) is 0 Å². The van der Waals surface area contributed by atoms with Crippen molar-refractivity contribution in [3.8, 4) is 0 Å². The smallest absolute Gasteiger partial charge is 0.304 e. The van der Waals surface area contributed by atoms with Crippen molar-refractivity contribution in [2.75, 3.05) is 18.1 Å². The first-order chi connectivity index (χ1) is 7.27.